The van der Waals surface area contributed by atoms with Crippen LogP contribution in [-0.4, -0.2) is 54.9 Å². The van der Waals surface area contributed by atoms with E-state index in [9.17, 15) is 26.4 Å². The predicted molar refractivity (Wildman–Crippen MR) is 125 cm³/mol. The molecule has 15 heteroatoms. The number of likely N-dealkylation sites (tertiary alicyclic amines) is 1. The molecule has 0 bridgehead atoms. The Hall–Kier alpha value is -3.01. The highest BCUT2D eigenvalue weighted by atomic mass is 32.2. The monoisotopic (exact) mass is 548 g/mol. The second-order valence-electron chi connectivity index (χ2n) is 7.36. The third-order valence-corrected chi connectivity index (χ3v) is 8.87. The molecule has 1 fully saturated rings. The lowest BCUT2D eigenvalue weighted by Crippen LogP contribution is -2.41. The minimum atomic E-state index is -5.08. The quantitative estimate of drug-likeness (QED) is 0.274. The summed E-state index contributed by atoms with van der Waals surface area (Å²) in [5.41, 5.74) is 6.36. The second kappa shape index (κ2) is 10.3. The Morgan fingerprint density at radius 1 is 1.29 bits per heavy atom. The number of aliphatic carboxylic acids is 1. The Morgan fingerprint density at radius 3 is 2.51 bits per heavy atom. The van der Waals surface area contributed by atoms with Gasteiger partial charge in [-0.3, -0.25) is 10.2 Å². The number of fused-ring (bicyclic) bond motifs is 1. The molecule has 1 unspecified atom stereocenters. The van der Waals surface area contributed by atoms with E-state index >= 15 is 0 Å². The molecule has 0 saturated carbocycles. The standard InChI is InChI=1S/C18H18N4O3S3.C2HF3O2/c19-17(20)15-7-11(10-26-15)9-22-6-5-13(18(22)23)21-28(24,25)16-8-12-3-1-2-4-14(12)27-16;3-2(4,5)1(6)7/h1-4,7-8,10,13,21H,5-6,9H2,(H3,19,20);(H,6,7). The van der Waals surface area contributed by atoms with Gasteiger partial charge < -0.3 is 15.7 Å². The first-order valence-corrected chi connectivity index (χ1v) is 13.0. The van der Waals surface area contributed by atoms with E-state index in [0.717, 1.165) is 15.6 Å². The first-order valence-electron chi connectivity index (χ1n) is 9.79. The van der Waals surface area contributed by atoms with Gasteiger partial charge in [-0.25, -0.2) is 13.2 Å². The molecule has 35 heavy (non-hydrogen) atoms. The number of sulfonamides is 1. The number of carboxylic acids is 1. The van der Waals surface area contributed by atoms with Crippen LogP contribution in [0, 0.1) is 5.41 Å². The van der Waals surface area contributed by atoms with Crippen LogP contribution >= 0.6 is 22.7 Å². The summed E-state index contributed by atoms with van der Waals surface area (Å²) in [4.78, 5) is 23.9. The maximum Gasteiger partial charge on any atom is 0.490 e. The summed E-state index contributed by atoms with van der Waals surface area (Å²) in [6, 6.07) is 10.1. The van der Waals surface area contributed by atoms with Gasteiger partial charge in [-0.1, -0.05) is 18.2 Å². The molecule has 3 heterocycles. The van der Waals surface area contributed by atoms with Gasteiger partial charge in [0.25, 0.3) is 10.0 Å². The van der Waals surface area contributed by atoms with Crippen LogP contribution in [0.25, 0.3) is 10.1 Å². The fraction of sp³-hybridized carbons (Fsp3) is 0.250. The average molecular weight is 549 g/mol. The van der Waals surface area contributed by atoms with E-state index in [1.807, 2.05) is 29.6 Å². The van der Waals surface area contributed by atoms with Crippen molar-refractivity contribution in [2.24, 2.45) is 5.73 Å². The summed E-state index contributed by atoms with van der Waals surface area (Å²) in [6.45, 7) is 0.855. The van der Waals surface area contributed by atoms with Crippen LogP contribution in [0.2, 0.25) is 0 Å². The van der Waals surface area contributed by atoms with Crippen molar-refractivity contribution in [1.29, 1.82) is 5.41 Å². The summed E-state index contributed by atoms with van der Waals surface area (Å²) >= 11 is 2.55. The van der Waals surface area contributed by atoms with Gasteiger partial charge in [0.05, 0.1) is 4.88 Å². The van der Waals surface area contributed by atoms with E-state index in [2.05, 4.69) is 4.72 Å². The molecule has 2 aromatic heterocycles. The first kappa shape index (κ1) is 26.6. The van der Waals surface area contributed by atoms with Crippen LogP contribution in [0.5, 0.6) is 0 Å². The largest absolute Gasteiger partial charge is 0.490 e. The Bertz CT molecular complexity index is 1330. The molecule has 0 spiro atoms. The lowest BCUT2D eigenvalue weighted by molar-refractivity contribution is -0.192. The van der Waals surface area contributed by atoms with Crippen molar-refractivity contribution in [3.8, 4) is 0 Å². The van der Waals surface area contributed by atoms with Crippen LogP contribution in [0.15, 0.2) is 46.0 Å². The van der Waals surface area contributed by atoms with Gasteiger partial charge in [0, 0.05) is 17.8 Å². The van der Waals surface area contributed by atoms with Crippen molar-refractivity contribution in [2.45, 2.75) is 29.4 Å². The van der Waals surface area contributed by atoms with Crippen LogP contribution in [-0.2, 0) is 26.2 Å². The lowest BCUT2D eigenvalue weighted by Gasteiger charge is -2.16. The topological polar surface area (TPSA) is 154 Å². The van der Waals surface area contributed by atoms with Gasteiger partial charge in [-0.05, 0) is 40.9 Å². The molecular formula is C20H19F3N4O5S3. The van der Waals surface area contributed by atoms with Gasteiger partial charge in [-0.15, -0.1) is 22.7 Å². The number of nitrogens with zero attached hydrogens (tertiary/aromatic N) is 1. The summed E-state index contributed by atoms with van der Waals surface area (Å²) < 4.78 is 60.9. The van der Waals surface area contributed by atoms with E-state index in [1.54, 1.807) is 17.0 Å². The fourth-order valence-corrected chi connectivity index (χ4v) is 6.57. The fourth-order valence-electron chi connectivity index (χ4n) is 3.16. The van der Waals surface area contributed by atoms with Gasteiger partial charge in [-0.2, -0.15) is 17.9 Å². The van der Waals surface area contributed by atoms with E-state index in [4.69, 9.17) is 21.0 Å². The highest BCUT2D eigenvalue weighted by molar-refractivity contribution is 7.91. The van der Waals surface area contributed by atoms with Crippen LogP contribution in [0.3, 0.4) is 0 Å². The third kappa shape index (κ3) is 6.56. The number of amides is 1. The van der Waals surface area contributed by atoms with E-state index < -0.39 is 28.2 Å². The van der Waals surface area contributed by atoms with E-state index in [-0.39, 0.29) is 16.0 Å². The van der Waals surface area contributed by atoms with Gasteiger partial charge in [0.15, 0.2) is 0 Å². The lowest BCUT2D eigenvalue weighted by atomic mass is 10.3. The van der Waals surface area contributed by atoms with Crippen molar-refractivity contribution in [3.05, 3.63) is 52.2 Å². The van der Waals surface area contributed by atoms with Crippen molar-refractivity contribution in [1.82, 2.24) is 9.62 Å². The molecule has 9 nitrogen and oxygen atoms in total. The molecule has 0 aliphatic carbocycles. The predicted octanol–water partition coefficient (Wildman–Crippen LogP) is 2.96. The summed E-state index contributed by atoms with van der Waals surface area (Å²) in [6.07, 6.45) is -4.66. The maximum atomic E-state index is 12.7. The Balaban J connectivity index is 0.000000429. The molecule has 3 aromatic rings. The minimum Gasteiger partial charge on any atom is -0.475 e. The molecular weight excluding hydrogens is 529 g/mol. The van der Waals surface area contributed by atoms with E-state index in [0.29, 0.717) is 24.4 Å². The minimum absolute atomic E-state index is 0.00188. The summed E-state index contributed by atoms with van der Waals surface area (Å²) in [5, 5.41) is 17.3. The number of alkyl halides is 3. The number of nitrogen functional groups attached to an aromatic ring is 1. The average Bonchev–Trinajstić information content (AvgIpc) is 3.49. The Morgan fingerprint density at radius 2 is 1.94 bits per heavy atom. The van der Waals surface area contributed by atoms with Crippen molar-refractivity contribution < 1.29 is 36.3 Å². The van der Waals surface area contributed by atoms with Crippen LogP contribution in [0.4, 0.5) is 13.2 Å². The summed E-state index contributed by atoms with van der Waals surface area (Å²) in [5.74, 6) is -2.99. The SMILES string of the molecule is N=C(N)c1cc(CN2CCC(NS(=O)(=O)c3cc4ccccc4s3)C2=O)cs1.O=C(O)C(F)(F)F. The molecule has 5 N–H and O–H groups in total. The number of nitrogens with two attached hydrogens (primary N) is 1. The van der Waals surface area contributed by atoms with Crippen LogP contribution in [0.1, 0.15) is 16.9 Å². The summed E-state index contributed by atoms with van der Waals surface area (Å²) in [7, 11) is -3.76. The zero-order valence-electron chi connectivity index (χ0n) is 17.7. The van der Waals surface area contributed by atoms with Gasteiger partial charge in [0.2, 0.25) is 5.91 Å². The maximum absolute atomic E-state index is 12.7. The number of carbonyl (C=O) groups excluding carboxylic acids is 1. The normalized spacial score (nSPS) is 16.3. The number of halogens is 3. The smallest absolute Gasteiger partial charge is 0.475 e. The van der Waals surface area contributed by atoms with Crippen LogP contribution < -0.4 is 10.5 Å². The molecule has 1 atom stereocenters. The number of carboxylic acid groups (broad SMARTS) is 1. The van der Waals surface area contributed by atoms with Crippen molar-refractivity contribution in [2.75, 3.05) is 6.54 Å². The zero-order valence-corrected chi connectivity index (χ0v) is 20.2. The molecule has 1 amide bonds. The Kier molecular flexibility index (Phi) is 7.83. The molecule has 188 valence electrons. The van der Waals surface area contributed by atoms with Gasteiger partial charge in [0.1, 0.15) is 16.1 Å². The number of thiophene rings is 2. The Labute approximate surface area is 205 Å². The van der Waals surface area contributed by atoms with Gasteiger partial charge >= 0.3 is 12.1 Å². The second-order valence-corrected chi connectivity index (χ2v) is 11.3. The first-order chi connectivity index (χ1) is 16.3. The van der Waals surface area contributed by atoms with Crippen molar-refractivity contribution >= 4 is 60.5 Å². The zero-order chi connectivity index (χ0) is 26.0. The number of benzene rings is 1. The number of amidine groups is 1. The highest BCUT2D eigenvalue weighted by Gasteiger charge is 2.38. The molecule has 4 rings (SSSR count). The molecule has 0 radical (unpaired) electrons. The molecule has 1 aromatic carbocycles. The molecule has 1 aliphatic rings. The molecule has 1 saturated heterocycles. The number of nitrogens with one attached hydrogen (secondary N) is 2. The third-order valence-electron chi connectivity index (χ3n) is 4.80. The number of rotatable bonds is 6. The number of hydrogen-bond acceptors (Lipinski definition) is 7. The number of hydrogen-bond donors (Lipinski definition) is 4. The van der Waals surface area contributed by atoms with Crippen molar-refractivity contribution in [3.63, 3.8) is 0 Å². The number of carbonyl (C=O) groups is 2. The van der Waals surface area contributed by atoms with E-state index in [1.165, 1.54) is 22.7 Å². The highest BCUT2D eigenvalue weighted by Crippen LogP contribution is 2.29. The molecule has 1 aliphatic heterocycles.